The molecule has 2 saturated carbocycles. The number of nitrogens with one attached hydrogen (secondary N) is 1. The van der Waals surface area contributed by atoms with Gasteiger partial charge in [0.1, 0.15) is 0 Å². The highest BCUT2D eigenvalue weighted by molar-refractivity contribution is 6.30. The van der Waals surface area contributed by atoms with Crippen LogP contribution in [0.25, 0.3) is 0 Å². The molecule has 180 valence electrons. The van der Waals surface area contributed by atoms with Crippen LogP contribution in [0.2, 0.25) is 5.02 Å². The lowest BCUT2D eigenvalue weighted by atomic mass is 9.68. The van der Waals surface area contributed by atoms with Gasteiger partial charge in [-0.1, -0.05) is 23.7 Å². The molecule has 1 aliphatic heterocycles. The van der Waals surface area contributed by atoms with Crippen molar-refractivity contribution < 1.29 is 9.59 Å². The van der Waals surface area contributed by atoms with Crippen LogP contribution in [0.4, 0.5) is 0 Å². The molecule has 1 aromatic heterocycles. The van der Waals surface area contributed by atoms with Crippen molar-refractivity contribution in [2.24, 2.45) is 5.73 Å². The van der Waals surface area contributed by atoms with Crippen LogP contribution in [0.5, 0.6) is 0 Å². The van der Waals surface area contributed by atoms with Crippen molar-refractivity contribution in [1.29, 1.82) is 0 Å². The van der Waals surface area contributed by atoms with Crippen LogP contribution in [0, 0.1) is 0 Å². The maximum atomic E-state index is 13.2. The Balaban J connectivity index is 0.00000153. The molecule has 0 saturated heterocycles. The van der Waals surface area contributed by atoms with Crippen molar-refractivity contribution in [1.82, 2.24) is 25.0 Å². The molecule has 2 heterocycles. The van der Waals surface area contributed by atoms with E-state index in [1.165, 1.54) is 5.56 Å². The minimum absolute atomic E-state index is 0. The smallest absolute Gasteiger partial charge is 0.292 e. The lowest BCUT2D eigenvalue weighted by molar-refractivity contribution is 0.0521. The zero-order chi connectivity index (χ0) is 21.6. The summed E-state index contributed by atoms with van der Waals surface area (Å²) in [5.41, 5.74) is 7.30. The van der Waals surface area contributed by atoms with Crippen molar-refractivity contribution in [3.63, 3.8) is 0 Å². The third-order valence-electron chi connectivity index (χ3n) is 7.06. The molecule has 11 heteroatoms. The number of benzene rings is 1. The number of carbonyl (C=O) groups excluding carboxylic acids is 2. The summed E-state index contributed by atoms with van der Waals surface area (Å²) in [7, 11) is 0. The Hall–Kier alpha value is -1.87. The molecule has 8 nitrogen and oxygen atoms in total. The predicted molar refractivity (Wildman–Crippen MR) is 130 cm³/mol. The fraction of sp³-hybridized carbons (Fsp3) is 0.545. The van der Waals surface area contributed by atoms with E-state index in [1.807, 2.05) is 23.1 Å². The maximum absolute atomic E-state index is 13.2. The summed E-state index contributed by atoms with van der Waals surface area (Å²) in [6.07, 6.45) is 5.55. The SMILES string of the molecule is Cl.Cl.NCC1(c2cccc(Cl)c2)CCC(N2CCn3c(C(=O)NC4CC4)nnc3C2=O)CC1. The Morgan fingerprint density at radius 3 is 2.52 bits per heavy atom. The molecule has 0 radical (unpaired) electrons. The van der Waals surface area contributed by atoms with E-state index in [0.717, 1.165) is 43.5 Å². The standard InChI is InChI=1S/C22H27ClN6O2.2ClH/c23-15-3-1-2-14(12-15)22(13-24)8-6-17(7-9-22)28-10-11-29-18(20(30)25-16-4-5-16)26-27-19(29)21(28)31;;/h1-3,12,16-17H,4-11,13,24H2,(H,25,30);2*1H. The fourth-order valence-electron chi connectivity index (χ4n) is 5.00. The fourth-order valence-corrected chi connectivity index (χ4v) is 5.19. The number of fused-ring (bicyclic) bond motifs is 1. The zero-order valence-electron chi connectivity index (χ0n) is 18.2. The molecule has 5 rings (SSSR count). The average molecular weight is 516 g/mol. The van der Waals surface area contributed by atoms with Gasteiger partial charge >= 0.3 is 0 Å². The van der Waals surface area contributed by atoms with Crippen LogP contribution >= 0.6 is 36.4 Å². The second-order valence-electron chi connectivity index (χ2n) is 8.97. The van der Waals surface area contributed by atoms with Crippen molar-refractivity contribution >= 4 is 48.2 Å². The number of hydrogen-bond acceptors (Lipinski definition) is 5. The Bertz CT molecular complexity index is 1020. The van der Waals surface area contributed by atoms with Gasteiger partial charge < -0.3 is 16.0 Å². The van der Waals surface area contributed by atoms with Gasteiger partial charge in [-0.15, -0.1) is 35.0 Å². The van der Waals surface area contributed by atoms with Crippen LogP contribution < -0.4 is 11.1 Å². The molecule has 0 unspecified atom stereocenters. The molecule has 0 atom stereocenters. The van der Waals surface area contributed by atoms with E-state index in [9.17, 15) is 9.59 Å². The molecule has 3 N–H and O–H groups in total. The monoisotopic (exact) mass is 514 g/mol. The van der Waals surface area contributed by atoms with Gasteiger partial charge in [-0.3, -0.25) is 14.2 Å². The van der Waals surface area contributed by atoms with Crippen molar-refractivity contribution in [2.75, 3.05) is 13.1 Å². The third kappa shape index (κ3) is 4.85. The molecule has 2 fully saturated rings. The molecule has 33 heavy (non-hydrogen) atoms. The van der Waals surface area contributed by atoms with E-state index in [-0.39, 0.29) is 65.8 Å². The predicted octanol–water partition coefficient (Wildman–Crippen LogP) is 2.96. The molecule has 3 aliphatic rings. The van der Waals surface area contributed by atoms with E-state index in [0.29, 0.717) is 19.6 Å². The first kappa shape index (κ1) is 25.7. The van der Waals surface area contributed by atoms with Gasteiger partial charge in [-0.25, -0.2) is 0 Å². The molecule has 1 aromatic carbocycles. The van der Waals surface area contributed by atoms with Gasteiger partial charge in [0.2, 0.25) is 11.6 Å². The van der Waals surface area contributed by atoms with Crippen LogP contribution in [0.1, 0.15) is 65.3 Å². The number of halogens is 3. The van der Waals surface area contributed by atoms with Gasteiger partial charge in [0, 0.05) is 42.2 Å². The van der Waals surface area contributed by atoms with Crippen LogP contribution in [0.3, 0.4) is 0 Å². The first-order valence-electron chi connectivity index (χ1n) is 11.0. The van der Waals surface area contributed by atoms with Gasteiger partial charge in [0.05, 0.1) is 0 Å². The highest BCUT2D eigenvalue weighted by atomic mass is 35.5. The van der Waals surface area contributed by atoms with Gasteiger partial charge in [-0.05, 0) is 56.2 Å². The summed E-state index contributed by atoms with van der Waals surface area (Å²) in [4.78, 5) is 27.5. The first-order valence-corrected chi connectivity index (χ1v) is 11.4. The molecular formula is C22H29Cl3N6O2. The van der Waals surface area contributed by atoms with E-state index < -0.39 is 0 Å². The number of hydrogen-bond donors (Lipinski definition) is 2. The van der Waals surface area contributed by atoms with Gasteiger partial charge in [-0.2, -0.15) is 0 Å². The minimum atomic E-state index is -0.241. The number of aromatic nitrogens is 3. The van der Waals surface area contributed by atoms with Crippen LogP contribution in [0.15, 0.2) is 24.3 Å². The zero-order valence-corrected chi connectivity index (χ0v) is 20.6. The second kappa shape index (κ2) is 10.2. The maximum Gasteiger partial charge on any atom is 0.292 e. The van der Waals surface area contributed by atoms with E-state index in [2.05, 4.69) is 21.6 Å². The van der Waals surface area contributed by atoms with Crippen LogP contribution in [-0.2, 0) is 12.0 Å². The molecule has 2 amide bonds. The van der Waals surface area contributed by atoms with Crippen molar-refractivity contribution in [2.45, 2.75) is 62.6 Å². The number of carbonyl (C=O) groups is 2. The minimum Gasteiger partial charge on any atom is -0.347 e. The third-order valence-corrected chi connectivity index (χ3v) is 7.30. The Morgan fingerprint density at radius 1 is 1.15 bits per heavy atom. The second-order valence-corrected chi connectivity index (χ2v) is 9.41. The van der Waals surface area contributed by atoms with E-state index >= 15 is 0 Å². The Morgan fingerprint density at radius 2 is 1.88 bits per heavy atom. The lowest BCUT2D eigenvalue weighted by Gasteiger charge is -2.44. The average Bonchev–Trinajstić information content (AvgIpc) is 3.48. The summed E-state index contributed by atoms with van der Waals surface area (Å²) in [6, 6.07) is 8.34. The van der Waals surface area contributed by atoms with Crippen molar-refractivity contribution in [3.8, 4) is 0 Å². The molecule has 0 bridgehead atoms. The van der Waals surface area contributed by atoms with E-state index in [4.69, 9.17) is 17.3 Å². The number of rotatable bonds is 5. The molecule has 0 spiro atoms. The Labute approximate surface area is 210 Å². The largest absolute Gasteiger partial charge is 0.347 e. The topological polar surface area (TPSA) is 106 Å². The number of amides is 2. The summed E-state index contributed by atoms with van der Waals surface area (Å²) in [6.45, 7) is 1.65. The lowest BCUT2D eigenvalue weighted by Crippen LogP contribution is -2.51. The summed E-state index contributed by atoms with van der Waals surface area (Å²) in [5.74, 6) is 0.117. The summed E-state index contributed by atoms with van der Waals surface area (Å²) >= 11 is 6.22. The van der Waals surface area contributed by atoms with E-state index in [1.54, 1.807) is 4.57 Å². The quantitative estimate of drug-likeness (QED) is 0.637. The summed E-state index contributed by atoms with van der Waals surface area (Å²) < 4.78 is 1.66. The molecule has 2 aromatic rings. The van der Waals surface area contributed by atoms with Gasteiger partial charge in [0.25, 0.3) is 11.8 Å². The first-order chi connectivity index (χ1) is 15.0. The highest BCUT2D eigenvalue weighted by Crippen LogP contribution is 2.41. The van der Waals surface area contributed by atoms with Gasteiger partial charge in [0.15, 0.2) is 0 Å². The molecular weight excluding hydrogens is 487 g/mol. The summed E-state index contributed by atoms with van der Waals surface area (Å²) in [5, 5.41) is 11.7. The Kier molecular flexibility index (Phi) is 7.94. The number of nitrogens with two attached hydrogens (primary N) is 1. The normalized spacial score (nSPS) is 24.4. The molecule has 2 aliphatic carbocycles. The number of nitrogens with zero attached hydrogens (tertiary/aromatic N) is 4. The van der Waals surface area contributed by atoms with Crippen LogP contribution in [-0.4, -0.2) is 56.7 Å². The van der Waals surface area contributed by atoms with Crippen molar-refractivity contribution in [3.05, 3.63) is 46.5 Å². The highest BCUT2D eigenvalue weighted by Gasteiger charge is 2.41.